The molecular weight excluding hydrogens is 320 g/mol. The maximum absolute atomic E-state index is 12.4. The van der Waals surface area contributed by atoms with Crippen molar-refractivity contribution in [1.29, 1.82) is 0 Å². The fourth-order valence-corrected chi connectivity index (χ4v) is 2.99. The van der Waals surface area contributed by atoms with Crippen molar-refractivity contribution >= 4 is 22.7 Å². The Balaban J connectivity index is 1.66. The Hall–Kier alpha value is -2.67. The van der Waals surface area contributed by atoms with E-state index in [0.717, 1.165) is 12.8 Å². The summed E-state index contributed by atoms with van der Waals surface area (Å²) in [5.41, 5.74) is 5.60. The number of benzene rings is 1. The molecule has 1 atom stereocenters. The molecule has 1 heterocycles. The molecule has 25 heavy (non-hydrogen) atoms. The van der Waals surface area contributed by atoms with Gasteiger partial charge in [-0.3, -0.25) is 14.4 Å². The van der Waals surface area contributed by atoms with Crippen LogP contribution in [0.15, 0.2) is 35.3 Å². The molecule has 0 bridgehead atoms. The van der Waals surface area contributed by atoms with Crippen molar-refractivity contribution in [3.8, 4) is 0 Å². The first-order valence-corrected chi connectivity index (χ1v) is 8.34. The molecule has 1 unspecified atom stereocenters. The molecule has 2 aromatic rings. The van der Waals surface area contributed by atoms with E-state index in [-0.39, 0.29) is 23.4 Å². The predicted molar refractivity (Wildman–Crippen MR) is 95.2 cm³/mol. The van der Waals surface area contributed by atoms with Gasteiger partial charge in [-0.1, -0.05) is 12.1 Å². The third kappa shape index (κ3) is 3.56. The van der Waals surface area contributed by atoms with E-state index in [4.69, 9.17) is 5.73 Å². The van der Waals surface area contributed by atoms with Gasteiger partial charge in [-0.05, 0) is 37.8 Å². The van der Waals surface area contributed by atoms with Crippen LogP contribution in [-0.4, -0.2) is 35.4 Å². The van der Waals surface area contributed by atoms with E-state index in [1.165, 1.54) is 6.20 Å². The van der Waals surface area contributed by atoms with E-state index in [1.807, 2.05) is 6.92 Å². The summed E-state index contributed by atoms with van der Waals surface area (Å²) in [6.45, 7) is 2.06. The summed E-state index contributed by atoms with van der Waals surface area (Å²) in [5, 5.41) is 5.82. The number of pyridine rings is 1. The number of aromatic amines is 1. The Morgan fingerprint density at radius 1 is 1.32 bits per heavy atom. The van der Waals surface area contributed by atoms with Crippen molar-refractivity contribution in [3.63, 3.8) is 0 Å². The number of H-pyrrole nitrogens is 1. The van der Waals surface area contributed by atoms with Crippen LogP contribution in [0.2, 0.25) is 0 Å². The minimum Gasteiger partial charge on any atom is -0.360 e. The molecule has 0 saturated heterocycles. The van der Waals surface area contributed by atoms with Gasteiger partial charge in [0.15, 0.2) is 0 Å². The number of hydrogen-bond acceptors (Lipinski definition) is 4. The normalized spacial score (nSPS) is 16.2. The molecule has 2 amide bonds. The van der Waals surface area contributed by atoms with E-state index in [1.54, 1.807) is 24.3 Å². The van der Waals surface area contributed by atoms with Gasteiger partial charge in [-0.2, -0.15) is 0 Å². The van der Waals surface area contributed by atoms with Gasteiger partial charge >= 0.3 is 0 Å². The lowest BCUT2D eigenvalue weighted by Crippen LogP contribution is -2.55. The van der Waals surface area contributed by atoms with Crippen LogP contribution in [-0.2, 0) is 4.79 Å². The van der Waals surface area contributed by atoms with Crippen LogP contribution < -0.4 is 21.8 Å². The number of nitrogens with one attached hydrogen (secondary N) is 3. The van der Waals surface area contributed by atoms with Gasteiger partial charge in [0.1, 0.15) is 5.56 Å². The minimum atomic E-state index is -0.581. The van der Waals surface area contributed by atoms with E-state index in [0.29, 0.717) is 23.4 Å². The highest BCUT2D eigenvalue weighted by molar-refractivity contribution is 5.98. The summed E-state index contributed by atoms with van der Waals surface area (Å²) < 4.78 is 0. The van der Waals surface area contributed by atoms with E-state index >= 15 is 0 Å². The number of hydrogen-bond donors (Lipinski definition) is 4. The highest BCUT2D eigenvalue weighted by Crippen LogP contribution is 2.38. The summed E-state index contributed by atoms with van der Waals surface area (Å²) in [7, 11) is 0. The second-order valence-corrected chi connectivity index (χ2v) is 6.70. The quantitative estimate of drug-likeness (QED) is 0.611. The molecule has 132 valence electrons. The number of nitrogens with two attached hydrogens (primary N) is 1. The Bertz CT molecular complexity index is 872. The molecule has 1 aromatic heterocycles. The zero-order valence-corrected chi connectivity index (χ0v) is 14.1. The monoisotopic (exact) mass is 342 g/mol. The molecule has 1 saturated carbocycles. The summed E-state index contributed by atoms with van der Waals surface area (Å²) >= 11 is 0. The fourth-order valence-electron chi connectivity index (χ4n) is 2.99. The average molecular weight is 342 g/mol. The zero-order valence-electron chi connectivity index (χ0n) is 14.1. The van der Waals surface area contributed by atoms with Crippen molar-refractivity contribution in [1.82, 2.24) is 15.6 Å². The highest BCUT2D eigenvalue weighted by Gasteiger charge is 2.41. The third-order valence-corrected chi connectivity index (χ3v) is 4.77. The van der Waals surface area contributed by atoms with Gasteiger partial charge < -0.3 is 21.4 Å². The van der Waals surface area contributed by atoms with Gasteiger partial charge in [-0.15, -0.1) is 0 Å². The molecule has 3 rings (SSSR count). The number of aromatic nitrogens is 1. The van der Waals surface area contributed by atoms with Crippen molar-refractivity contribution in [2.24, 2.45) is 11.7 Å². The number of carbonyl (C=O) groups excluding carboxylic acids is 2. The van der Waals surface area contributed by atoms with Crippen LogP contribution in [0.3, 0.4) is 0 Å². The van der Waals surface area contributed by atoms with Crippen LogP contribution >= 0.6 is 0 Å². The van der Waals surface area contributed by atoms with E-state index in [2.05, 4.69) is 15.6 Å². The second-order valence-electron chi connectivity index (χ2n) is 6.70. The Labute approximate surface area is 145 Å². The zero-order chi connectivity index (χ0) is 18.0. The lowest BCUT2D eigenvalue weighted by Gasteiger charge is -2.29. The average Bonchev–Trinajstić information content (AvgIpc) is 3.46. The minimum absolute atomic E-state index is 0.0183. The first-order chi connectivity index (χ1) is 11.9. The van der Waals surface area contributed by atoms with Crippen molar-refractivity contribution in [2.75, 3.05) is 13.1 Å². The predicted octanol–water partition coefficient (Wildman–Crippen LogP) is 0.502. The Kier molecular flexibility index (Phi) is 4.59. The molecule has 1 aliphatic rings. The molecule has 0 aliphatic heterocycles. The fraction of sp³-hybridized carbons (Fsp3) is 0.389. The van der Waals surface area contributed by atoms with Crippen LogP contribution in [0.1, 0.15) is 30.1 Å². The molecular formula is C18H22N4O3. The molecule has 1 fully saturated rings. The van der Waals surface area contributed by atoms with Crippen LogP contribution in [0.25, 0.3) is 10.9 Å². The first kappa shape index (κ1) is 17.2. The van der Waals surface area contributed by atoms with Crippen LogP contribution in [0.5, 0.6) is 0 Å². The van der Waals surface area contributed by atoms with Crippen molar-refractivity contribution < 1.29 is 9.59 Å². The topological polar surface area (TPSA) is 117 Å². The van der Waals surface area contributed by atoms with E-state index < -0.39 is 11.4 Å². The summed E-state index contributed by atoms with van der Waals surface area (Å²) in [6.07, 6.45) is 3.46. The molecule has 1 aromatic carbocycles. The smallest absolute Gasteiger partial charge is 0.257 e. The summed E-state index contributed by atoms with van der Waals surface area (Å²) in [5.74, 6) is -0.506. The van der Waals surface area contributed by atoms with Gasteiger partial charge in [-0.25, -0.2) is 0 Å². The number of amides is 2. The number of carbonyl (C=O) groups is 2. The van der Waals surface area contributed by atoms with Gasteiger partial charge in [0.2, 0.25) is 11.3 Å². The standard InChI is InChI=1S/C18H22N4O3/c1-18(10-19,11-6-7-11)22-15(23)9-21-17(25)13-8-20-14-5-3-2-4-12(14)16(13)24/h2-5,8,11H,6-7,9-10,19H2,1H3,(H,20,24)(H,21,25)(H,22,23). The molecule has 0 radical (unpaired) electrons. The van der Waals surface area contributed by atoms with Crippen LogP contribution in [0, 0.1) is 5.92 Å². The second kappa shape index (κ2) is 6.68. The van der Waals surface area contributed by atoms with Crippen molar-refractivity contribution in [3.05, 3.63) is 46.2 Å². The molecule has 0 spiro atoms. The Morgan fingerprint density at radius 3 is 2.72 bits per heavy atom. The number of rotatable bonds is 6. The summed E-state index contributed by atoms with van der Waals surface area (Å²) in [4.78, 5) is 39.7. The largest absolute Gasteiger partial charge is 0.360 e. The SMILES string of the molecule is CC(CN)(NC(=O)CNC(=O)c1c[nH]c2ccccc2c1=O)C1CC1. The van der Waals surface area contributed by atoms with Crippen molar-refractivity contribution in [2.45, 2.75) is 25.3 Å². The highest BCUT2D eigenvalue weighted by atomic mass is 16.2. The van der Waals surface area contributed by atoms with Gasteiger partial charge in [0.25, 0.3) is 5.91 Å². The first-order valence-electron chi connectivity index (χ1n) is 8.34. The molecule has 1 aliphatic carbocycles. The molecule has 7 nitrogen and oxygen atoms in total. The van der Waals surface area contributed by atoms with E-state index in [9.17, 15) is 14.4 Å². The maximum atomic E-state index is 12.4. The lowest BCUT2D eigenvalue weighted by molar-refractivity contribution is -0.122. The third-order valence-electron chi connectivity index (χ3n) is 4.77. The Morgan fingerprint density at radius 2 is 2.04 bits per heavy atom. The summed E-state index contributed by atoms with van der Waals surface area (Å²) in [6, 6.07) is 6.95. The number of fused-ring (bicyclic) bond motifs is 1. The number of para-hydroxylation sites is 1. The molecule has 7 heteroatoms. The van der Waals surface area contributed by atoms with Gasteiger partial charge in [0.05, 0.1) is 12.1 Å². The molecule has 5 N–H and O–H groups in total. The van der Waals surface area contributed by atoms with Crippen LogP contribution in [0.4, 0.5) is 0 Å². The lowest BCUT2D eigenvalue weighted by atomic mass is 9.96. The maximum Gasteiger partial charge on any atom is 0.257 e. The van der Waals surface area contributed by atoms with Gasteiger partial charge in [0, 0.05) is 23.6 Å².